The molecular formula is C15H22N4O. The Bertz CT molecular complexity index is 546. The first-order valence-corrected chi connectivity index (χ1v) is 7.40. The highest BCUT2D eigenvalue weighted by Crippen LogP contribution is 2.28. The van der Waals surface area contributed by atoms with Crippen molar-refractivity contribution in [2.75, 3.05) is 31.7 Å². The Morgan fingerprint density at radius 2 is 2.20 bits per heavy atom. The third-order valence-electron chi connectivity index (χ3n) is 4.21. The van der Waals surface area contributed by atoms with Gasteiger partial charge in [-0.2, -0.15) is 0 Å². The molecule has 0 unspecified atom stereocenters. The first kappa shape index (κ1) is 13.4. The van der Waals surface area contributed by atoms with Gasteiger partial charge in [0.15, 0.2) is 0 Å². The number of nitrogens with one attached hydrogen (secondary N) is 1. The lowest BCUT2D eigenvalue weighted by molar-refractivity contribution is 0.183. The van der Waals surface area contributed by atoms with Crippen LogP contribution in [0.2, 0.25) is 0 Å². The molecule has 0 aliphatic carbocycles. The Hall–Kier alpha value is -1.62. The normalized spacial score (nSPS) is 16.9. The maximum absolute atomic E-state index is 5.13. The minimum atomic E-state index is 0.838. The molecular weight excluding hydrogens is 252 g/mol. The van der Waals surface area contributed by atoms with Crippen molar-refractivity contribution in [2.45, 2.75) is 25.7 Å². The zero-order chi connectivity index (χ0) is 13.8. The standard InChI is InChI=1S/C15H22N4O/c1-20-10-2-3-12-5-8-19(9-6-12)15-13-4-7-16-14(13)17-11-18-15/h4,7,11-12H,2-3,5-6,8-10H2,1H3,(H,16,17,18). The summed E-state index contributed by atoms with van der Waals surface area (Å²) in [5.74, 6) is 1.91. The van der Waals surface area contributed by atoms with Crippen molar-refractivity contribution in [1.82, 2.24) is 15.0 Å². The maximum atomic E-state index is 5.13. The van der Waals surface area contributed by atoms with Gasteiger partial charge in [-0.25, -0.2) is 9.97 Å². The fourth-order valence-corrected chi connectivity index (χ4v) is 3.06. The van der Waals surface area contributed by atoms with E-state index in [0.29, 0.717) is 0 Å². The summed E-state index contributed by atoms with van der Waals surface area (Å²) in [5, 5.41) is 1.13. The summed E-state index contributed by atoms with van der Waals surface area (Å²) in [5.41, 5.74) is 0.928. The minimum absolute atomic E-state index is 0.838. The lowest BCUT2D eigenvalue weighted by atomic mass is 9.92. The molecule has 1 fully saturated rings. The highest BCUT2D eigenvalue weighted by atomic mass is 16.5. The molecule has 1 saturated heterocycles. The average molecular weight is 274 g/mol. The van der Waals surface area contributed by atoms with Crippen LogP contribution in [-0.4, -0.2) is 41.8 Å². The van der Waals surface area contributed by atoms with Crippen molar-refractivity contribution in [2.24, 2.45) is 5.92 Å². The third-order valence-corrected chi connectivity index (χ3v) is 4.21. The monoisotopic (exact) mass is 274 g/mol. The van der Waals surface area contributed by atoms with E-state index in [4.69, 9.17) is 4.74 Å². The fourth-order valence-electron chi connectivity index (χ4n) is 3.06. The van der Waals surface area contributed by atoms with Crippen LogP contribution in [0.15, 0.2) is 18.6 Å². The number of methoxy groups -OCH3 is 1. The van der Waals surface area contributed by atoms with Crippen LogP contribution < -0.4 is 4.90 Å². The number of anilines is 1. The molecule has 0 bridgehead atoms. The smallest absolute Gasteiger partial charge is 0.142 e. The van der Waals surface area contributed by atoms with E-state index in [-0.39, 0.29) is 0 Å². The number of hydrogen-bond donors (Lipinski definition) is 1. The van der Waals surface area contributed by atoms with Crippen LogP contribution in [0.4, 0.5) is 5.82 Å². The molecule has 0 radical (unpaired) electrons. The number of ether oxygens (including phenoxy) is 1. The first-order valence-electron chi connectivity index (χ1n) is 7.40. The molecule has 108 valence electrons. The van der Waals surface area contributed by atoms with Crippen LogP contribution in [-0.2, 0) is 4.74 Å². The molecule has 0 saturated carbocycles. The van der Waals surface area contributed by atoms with Crippen molar-refractivity contribution >= 4 is 16.9 Å². The number of aromatic nitrogens is 3. The molecule has 1 aliphatic heterocycles. The van der Waals surface area contributed by atoms with Gasteiger partial charge in [-0.1, -0.05) is 0 Å². The third kappa shape index (κ3) is 2.77. The van der Waals surface area contributed by atoms with Gasteiger partial charge in [-0.3, -0.25) is 0 Å². The van der Waals surface area contributed by atoms with Crippen LogP contribution in [0.25, 0.3) is 11.0 Å². The van der Waals surface area contributed by atoms with Crippen molar-refractivity contribution in [3.05, 3.63) is 18.6 Å². The first-order chi connectivity index (χ1) is 9.88. The number of H-pyrrole nitrogens is 1. The van der Waals surface area contributed by atoms with Crippen LogP contribution >= 0.6 is 0 Å². The Morgan fingerprint density at radius 3 is 3.00 bits per heavy atom. The topological polar surface area (TPSA) is 54.0 Å². The van der Waals surface area contributed by atoms with Crippen LogP contribution in [0.5, 0.6) is 0 Å². The number of rotatable bonds is 5. The second kappa shape index (κ2) is 6.22. The van der Waals surface area contributed by atoms with E-state index >= 15 is 0 Å². The van der Waals surface area contributed by atoms with E-state index in [2.05, 4.69) is 25.9 Å². The van der Waals surface area contributed by atoms with Gasteiger partial charge in [0, 0.05) is 33.0 Å². The summed E-state index contributed by atoms with van der Waals surface area (Å²) in [7, 11) is 1.78. The quantitative estimate of drug-likeness (QED) is 0.852. The highest BCUT2D eigenvalue weighted by molar-refractivity contribution is 5.87. The summed E-state index contributed by atoms with van der Waals surface area (Å²) in [6.07, 6.45) is 8.54. The van der Waals surface area contributed by atoms with E-state index in [9.17, 15) is 0 Å². The molecule has 0 spiro atoms. The van der Waals surface area contributed by atoms with Crippen LogP contribution in [0.3, 0.4) is 0 Å². The molecule has 1 aliphatic rings. The predicted octanol–water partition coefficient (Wildman–Crippen LogP) is 2.60. The van der Waals surface area contributed by atoms with Crippen LogP contribution in [0.1, 0.15) is 25.7 Å². The van der Waals surface area contributed by atoms with E-state index in [1.54, 1.807) is 13.4 Å². The summed E-state index contributed by atoms with van der Waals surface area (Å²) in [6.45, 7) is 3.07. The molecule has 3 rings (SSSR count). The van der Waals surface area contributed by atoms with Gasteiger partial charge in [0.25, 0.3) is 0 Å². The number of aromatic amines is 1. The van der Waals surface area contributed by atoms with Crippen molar-refractivity contribution in [1.29, 1.82) is 0 Å². The molecule has 5 heteroatoms. The van der Waals surface area contributed by atoms with Gasteiger partial charge in [0.2, 0.25) is 0 Å². The zero-order valence-electron chi connectivity index (χ0n) is 12.0. The summed E-state index contributed by atoms with van der Waals surface area (Å²) in [6, 6.07) is 2.06. The molecule has 5 nitrogen and oxygen atoms in total. The Labute approximate surface area is 119 Å². The lowest BCUT2D eigenvalue weighted by Crippen LogP contribution is -2.34. The molecule has 0 atom stereocenters. The lowest BCUT2D eigenvalue weighted by Gasteiger charge is -2.33. The predicted molar refractivity (Wildman–Crippen MR) is 79.9 cm³/mol. The second-order valence-electron chi connectivity index (χ2n) is 5.50. The van der Waals surface area contributed by atoms with E-state index in [1.807, 2.05) is 6.20 Å². The van der Waals surface area contributed by atoms with Gasteiger partial charge < -0.3 is 14.6 Å². The number of fused-ring (bicyclic) bond motifs is 1. The van der Waals surface area contributed by atoms with E-state index < -0.39 is 0 Å². The molecule has 2 aromatic rings. The largest absolute Gasteiger partial charge is 0.385 e. The Kier molecular flexibility index (Phi) is 4.16. The maximum Gasteiger partial charge on any atom is 0.142 e. The van der Waals surface area contributed by atoms with Crippen LogP contribution in [0, 0.1) is 5.92 Å². The summed E-state index contributed by atoms with van der Waals surface area (Å²) in [4.78, 5) is 14.3. The molecule has 0 amide bonds. The molecule has 20 heavy (non-hydrogen) atoms. The average Bonchev–Trinajstić information content (AvgIpc) is 2.97. The van der Waals surface area contributed by atoms with E-state index in [1.165, 1.54) is 25.7 Å². The van der Waals surface area contributed by atoms with Gasteiger partial charge in [0.05, 0.1) is 5.39 Å². The number of nitrogens with zero attached hydrogens (tertiary/aromatic N) is 3. The van der Waals surface area contributed by atoms with Gasteiger partial charge >= 0.3 is 0 Å². The zero-order valence-corrected chi connectivity index (χ0v) is 12.0. The second-order valence-corrected chi connectivity index (χ2v) is 5.50. The fraction of sp³-hybridized carbons (Fsp3) is 0.600. The Balaban J connectivity index is 1.62. The molecule has 1 N–H and O–H groups in total. The van der Waals surface area contributed by atoms with Gasteiger partial charge in [0.1, 0.15) is 17.8 Å². The molecule has 3 heterocycles. The van der Waals surface area contributed by atoms with E-state index in [0.717, 1.165) is 42.5 Å². The van der Waals surface area contributed by atoms with Gasteiger partial charge in [-0.15, -0.1) is 0 Å². The highest BCUT2D eigenvalue weighted by Gasteiger charge is 2.21. The SMILES string of the molecule is COCCCC1CCN(c2ncnc3[nH]ccc23)CC1. The molecule has 2 aromatic heterocycles. The summed E-state index contributed by atoms with van der Waals surface area (Å²) >= 11 is 0. The number of piperidine rings is 1. The molecule has 0 aromatic carbocycles. The van der Waals surface area contributed by atoms with Gasteiger partial charge in [-0.05, 0) is 37.7 Å². The Morgan fingerprint density at radius 1 is 1.35 bits per heavy atom. The van der Waals surface area contributed by atoms with Crippen molar-refractivity contribution in [3.63, 3.8) is 0 Å². The summed E-state index contributed by atoms with van der Waals surface area (Å²) < 4.78 is 5.13. The minimum Gasteiger partial charge on any atom is -0.385 e. The van der Waals surface area contributed by atoms with Crippen molar-refractivity contribution < 1.29 is 4.74 Å². The van der Waals surface area contributed by atoms with Crippen molar-refractivity contribution in [3.8, 4) is 0 Å². The number of hydrogen-bond acceptors (Lipinski definition) is 4.